The molecule has 3 atom stereocenters. The fourth-order valence-corrected chi connectivity index (χ4v) is 3.90. The molecular formula is C17H21BN2O3. The summed E-state index contributed by atoms with van der Waals surface area (Å²) in [6.07, 6.45) is 2.69. The summed E-state index contributed by atoms with van der Waals surface area (Å²) in [4.78, 5) is 10.9. The van der Waals surface area contributed by atoms with Crippen LogP contribution in [0.15, 0.2) is 35.9 Å². The Morgan fingerprint density at radius 2 is 2.13 bits per heavy atom. The predicted octanol–water partition coefficient (Wildman–Crippen LogP) is 1.28. The van der Waals surface area contributed by atoms with Crippen LogP contribution in [0.2, 0.25) is 0 Å². The fourth-order valence-electron chi connectivity index (χ4n) is 3.90. The summed E-state index contributed by atoms with van der Waals surface area (Å²) in [5.74, 6) is 1.66. The van der Waals surface area contributed by atoms with Crippen LogP contribution in [0.25, 0.3) is 0 Å². The number of fused-ring (bicyclic) bond motifs is 2. The molecule has 3 aliphatic heterocycles. The van der Waals surface area contributed by atoms with Gasteiger partial charge in [0.2, 0.25) is 0 Å². The largest absolute Gasteiger partial charge is 0.481 e. The van der Waals surface area contributed by atoms with Crippen molar-refractivity contribution in [3.8, 4) is 0 Å². The van der Waals surface area contributed by atoms with Gasteiger partial charge in [-0.05, 0) is 30.4 Å². The van der Waals surface area contributed by atoms with Crippen molar-refractivity contribution in [3.05, 3.63) is 47.1 Å². The van der Waals surface area contributed by atoms with Crippen molar-refractivity contribution in [2.75, 3.05) is 0 Å². The Morgan fingerprint density at radius 1 is 1.30 bits per heavy atom. The molecule has 4 rings (SSSR count). The molecule has 6 heteroatoms. The zero-order valence-electron chi connectivity index (χ0n) is 13.0. The van der Waals surface area contributed by atoms with Crippen LogP contribution in [0, 0.1) is 0 Å². The molecule has 0 spiro atoms. The molecule has 0 aliphatic carbocycles. The van der Waals surface area contributed by atoms with Gasteiger partial charge in [0.1, 0.15) is 0 Å². The average Bonchev–Trinajstić information content (AvgIpc) is 2.97. The van der Waals surface area contributed by atoms with E-state index >= 15 is 0 Å². The van der Waals surface area contributed by atoms with Crippen molar-refractivity contribution in [1.82, 2.24) is 10.6 Å². The van der Waals surface area contributed by atoms with Crippen molar-refractivity contribution in [2.45, 2.75) is 50.3 Å². The predicted molar refractivity (Wildman–Crippen MR) is 87.9 cm³/mol. The van der Waals surface area contributed by atoms with E-state index in [0.29, 0.717) is 0 Å². The van der Waals surface area contributed by atoms with Gasteiger partial charge in [0.05, 0.1) is 18.6 Å². The minimum atomic E-state index is -0.783. The molecule has 3 heterocycles. The number of carbonyl (C=O) groups is 1. The lowest BCUT2D eigenvalue weighted by molar-refractivity contribution is -0.139. The lowest BCUT2D eigenvalue weighted by atomic mass is 9.58. The normalized spacial score (nSPS) is 29.3. The van der Waals surface area contributed by atoms with Crippen LogP contribution in [0.3, 0.4) is 0 Å². The van der Waals surface area contributed by atoms with E-state index in [4.69, 9.17) is 9.76 Å². The monoisotopic (exact) mass is 312 g/mol. The Hall–Kier alpha value is -1.79. The molecule has 1 aromatic rings. The van der Waals surface area contributed by atoms with Gasteiger partial charge in [0.25, 0.3) is 0 Å². The zero-order valence-corrected chi connectivity index (χ0v) is 13.0. The molecular weight excluding hydrogens is 291 g/mol. The van der Waals surface area contributed by atoms with Crippen LogP contribution in [-0.2, 0) is 22.4 Å². The number of carboxylic acid groups (broad SMARTS) is 1. The van der Waals surface area contributed by atoms with Crippen LogP contribution >= 0.6 is 0 Å². The molecule has 0 radical (unpaired) electrons. The Labute approximate surface area is 136 Å². The maximum Gasteiger partial charge on any atom is 0.344 e. The number of hydrogen-bond donors (Lipinski definition) is 3. The first-order valence-electron chi connectivity index (χ1n) is 8.35. The molecule has 0 aromatic heterocycles. The third-order valence-electron chi connectivity index (χ3n) is 5.10. The maximum atomic E-state index is 10.9. The highest BCUT2D eigenvalue weighted by molar-refractivity contribution is 6.61. The molecule has 3 aliphatic rings. The molecule has 3 N–H and O–H groups in total. The number of aliphatic carboxylic acids is 1. The molecule has 0 bridgehead atoms. The second-order valence-electron chi connectivity index (χ2n) is 6.68. The molecule has 1 fully saturated rings. The summed E-state index contributed by atoms with van der Waals surface area (Å²) in [6.45, 7) is 0.889. The molecule has 120 valence electrons. The van der Waals surface area contributed by atoms with E-state index in [1.807, 2.05) is 0 Å². The van der Waals surface area contributed by atoms with E-state index < -0.39 is 5.97 Å². The van der Waals surface area contributed by atoms with Crippen LogP contribution in [0.1, 0.15) is 30.4 Å². The summed E-state index contributed by atoms with van der Waals surface area (Å²) < 4.78 is 5.96. The third kappa shape index (κ3) is 3.01. The second-order valence-corrected chi connectivity index (χ2v) is 6.68. The molecule has 1 aromatic carbocycles. The van der Waals surface area contributed by atoms with Crippen LogP contribution in [-0.4, -0.2) is 36.1 Å². The van der Waals surface area contributed by atoms with Gasteiger partial charge in [-0.3, -0.25) is 4.79 Å². The van der Waals surface area contributed by atoms with Gasteiger partial charge in [0, 0.05) is 18.2 Å². The SMILES string of the molecule is O=C(O)CC1CCC2NC(C3Cc4ccccc4CN3)=CB2O1. The third-order valence-corrected chi connectivity index (χ3v) is 5.10. The summed E-state index contributed by atoms with van der Waals surface area (Å²) in [5, 5.41) is 16.1. The van der Waals surface area contributed by atoms with Crippen LogP contribution < -0.4 is 10.6 Å². The molecule has 23 heavy (non-hydrogen) atoms. The average molecular weight is 312 g/mol. The van der Waals surface area contributed by atoms with Gasteiger partial charge in [-0.25, -0.2) is 0 Å². The van der Waals surface area contributed by atoms with Crippen molar-refractivity contribution < 1.29 is 14.6 Å². The van der Waals surface area contributed by atoms with Crippen LogP contribution in [0.5, 0.6) is 0 Å². The highest BCUT2D eigenvalue weighted by Crippen LogP contribution is 2.28. The Kier molecular flexibility index (Phi) is 3.87. The summed E-state index contributed by atoms with van der Waals surface area (Å²) in [5.41, 5.74) is 3.97. The summed E-state index contributed by atoms with van der Waals surface area (Å²) in [6, 6.07) is 8.84. The van der Waals surface area contributed by atoms with Crippen molar-refractivity contribution in [2.24, 2.45) is 0 Å². The zero-order chi connectivity index (χ0) is 15.8. The number of hydrogen-bond acceptors (Lipinski definition) is 4. The molecule has 0 amide bonds. The molecule has 3 unspecified atom stereocenters. The Bertz CT molecular complexity index is 648. The molecule has 5 nitrogen and oxygen atoms in total. The van der Waals surface area contributed by atoms with Gasteiger partial charge in [-0.1, -0.05) is 30.2 Å². The fraction of sp³-hybridized carbons (Fsp3) is 0.471. The van der Waals surface area contributed by atoms with Gasteiger partial charge in [-0.2, -0.15) is 0 Å². The van der Waals surface area contributed by atoms with Crippen LogP contribution in [0.4, 0.5) is 0 Å². The van der Waals surface area contributed by atoms with Gasteiger partial charge in [0.15, 0.2) is 0 Å². The first-order valence-corrected chi connectivity index (χ1v) is 8.35. The maximum absolute atomic E-state index is 10.9. The Balaban J connectivity index is 1.44. The van der Waals surface area contributed by atoms with Crippen molar-refractivity contribution in [1.29, 1.82) is 0 Å². The smallest absolute Gasteiger partial charge is 0.344 e. The summed E-state index contributed by atoms with van der Waals surface area (Å²) >= 11 is 0. The number of nitrogens with one attached hydrogen (secondary N) is 2. The highest BCUT2D eigenvalue weighted by Gasteiger charge is 2.40. The second kappa shape index (κ2) is 6.02. The van der Waals surface area contributed by atoms with Gasteiger partial charge in [-0.15, -0.1) is 0 Å². The van der Waals surface area contributed by atoms with Gasteiger partial charge >= 0.3 is 12.9 Å². The lowest BCUT2D eigenvalue weighted by Crippen LogP contribution is -2.47. The van der Waals surface area contributed by atoms with E-state index in [9.17, 15) is 4.79 Å². The lowest BCUT2D eigenvalue weighted by Gasteiger charge is -2.31. The minimum Gasteiger partial charge on any atom is -0.481 e. The van der Waals surface area contributed by atoms with E-state index in [1.54, 1.807) is 0 Å². The minimum absolute atomic E-state index is 0.00192. The van der Waals surface area contributed by atoms with E-state index in [-0.39, 0.29) is 31.4 Å². The summed E-state index contributed by atoms with van der Waals surface area (Å²) in [7, 11) is 0. The van der Waals surface area contributed by atoms with E-state index in [2.05, 4.69) is 40.9 Å². The van der Waals surface area contributed by atoms with E-state index in [0.717, 1.165) is 25.8 Å². The van der Waals surface area contributed by atoms with Gasteiger partial charge < -0.3 is 20.4 Å². The highest BCUT2D eigenvalue weighted by atomic mass is 16.5. The Morgan fingerprint density at radius 3 is 2.96 bits per heavy atom. The number of rotatable bonds is 3. The van der Waals surface area contributed by atoms with Crippen molar-refractivity contribution >= 4 is 12.9 Å². The first kappa shape index (κ1) is 14.8. The topological polar surface area (TPSA) is 70.6 Å². The van der Waals surface area contributed by atoms with Crippen molar-refractivity contribution in [3.63, 3.8) is 0 Å². The quantitative estimate of drug-likeness (QED) is 0.734. The number of carboxylic acids is 1. The first-order chi connectivity index (χ1) is 11.2. The van der Waals surface area contributed by atoms with E-state index in [1.165, 1.54) is 16.8 Å². The molecule has 0 saturated carbocycles. The molecule has 1 saturated heterocycles. The standard InChI is InChI=1S/C17H21BN2O3/c21-17(22)8-13-5-6-16-18(23-13)9-15(20-16)14-7-11-3-1-2-4-12(11)10-19-14/h1-4,9,13-14,16,19-20H,5-8,10H2,(H,21,22). The number of benzene rings is 1.